The Morgan fingerprint density at radius 3 is 2.79 bits per heavy atom. The van der Waals surface area contributed by atoms with E-state index in [9.17, 15) is 0 Å². The van der Waals surface area contributed by atoms with Gasteiger partial charge in [0.25, 0.3) is 0 Å². The average molecular weight is 198 g/mol. The van der Waals surface area contributed by atoms with E-state index < -0.39 is 0 Å². The van der Waals surface area contributed by atoms with Crippen LogP contribution in [0.5, 0.6) is 0 Å². The summed E-state index contributed by atoms with van der Waals surface area (Å²) in [5.41, 5.74) is 5.83. The summed E-state index contributed by atoms with van der Waals surface area (Å²) >= 11 is 0. The molecule has 14 heavy (non-hydrogen) atoms. The van der Waals surface area contributed by atoms with E-state index in [1.807, 2.05) is 0 Å². The van der Waals surface area contributed by atoms with Gasteiger partial charge in [-0.2, -0.15) is 0 Å². The summed E-state index contributed by atoms with van der Waals surface area (Å²) in [6.07, 6.45) is 3.93. The lowest BCUT2D eigenvalue weighted by Gasteiger charge is -2.39. The average Bonchev–Trinajstić information content (AvgIpc) is 2.20. The van der Waals surface area contributed by atoms with Crippen LogP contribution in [0.3, 0.4) is 0 Å². The van der Waals surface area contributed by atoms with E-state index >= 15 is 0 Å². The van der Waals surface area contributed by atoms with Crippen molar-refractivity contribution in [1.82, 2.24) is 4.90 Å². The molecule has 0 aromatic rings. The maximum Gasteiger partial charge on any atom is 0.0221 e. The largest absolute Gasteiger partial charge is 0.329 e. The molecule has 0 amide bonds. The Kier molecular flexibility index (Phi) is 4.90. The quantitative estimate of drug-likeness (QED) is 0.749. The van der Waals surface area contributed by atoms with E-state index in [1.165, 1.54) is 32.4 Å². The van der Waals surface area contributed by atoms with Gasteiger partial charge >= 0.3 is 0 Å². The zero-order valence-corrected chi connectivity index (χ0v) is 10.00. The van der Waals surface area contributed by atoms with Crippen LogP contribution in [-0.4, -0.2) is 30.6 Å². The standard InChI is InChI=1S/C12H26N2/c1-4-10(2)9-14-6-5-11(3)7-12(14)8-13/h10-12H,4-9,13H2,1-3H3. The Balaban J connectivity index is 2.41. The van der Waals surface area contributed by atoms with E-state index in [1.54, 1.807) is 0 Å². The number of nitrogens with two attached hydrogens (primary N) is 1. The molecule has 1 aliphatic heterocycles. The molecule has 0 aromatic heterocycles. The third kappa shape index (κ3) is 3.25. The molecule has 84 valence electrons. The summed E-state index contributed by atoms with van der Waals surface area (Å²) in [7, 11) is 0. The molecule has 1 fully saturated rings. The van der Waals surface area contributed by atoms with E-state index in [0.717, 1.165) is 18.4 Å². The summed E-state index contributed by atoms with van der Waals surface area (Å²) < 4.78 is 0. The first-order valence-corrected chi connectivity index (χ1v) is 6.11. The molecule has 0 spiro atoms. The lowest BCUT2D eigenvalue weighted by molar-refractivity contribution is 0.105. The van der Waals surface area contributed by atoms with Gasteiger partial charge in [0.2, 0.25) is 0 Å². The molecule has 2 N–H and O–H groups in total. The fraction of sp³-hybridized carbons (Fsp3) is 1.00. The molecule has 0 aliphatic carbocycles. The van der Waals surface area contributed by atoms with Gasteiger partial charge in [-0.25, -0.2) is 0 Å². The second-order valence-electron chi connectivity index (χ2n) is 5.03. The lowest BCUT2D eigenvalue weighted by atomic mass is 9.91. The van der Waals surface area contributed by atoms with Gasteiger partial charge in [0.15, 0.2) is 0 Å². The highest BCUT2D eigenvalue weighted by atomic mass is 15.2. The Labute approximate surface area is 88.8 Å². The predicted octanol–water partition coefficient (Wildman–Crippen LogP) is 2.09. The van der Waals surface area contributed by atoms with Crippen molar-refractivity contribution in [2.75, 3.05) is 19.6 Å². The van der Waals surface area contributed by atoms with Gasteiger partial charge in [0.1, 0.15) is 0 Å². The molecule has 1 heterocycles. The zero-order valence-electron chi connectivity index (χ0n) is 10.00. The first-order chi connectivity index (χ1) is 6.67. The topological polar surface area (TPSA) is 29.3 Å². The molecule has 1 saturated heterocycles. The second-order valence-corrected chi connectivity index (χ2v) is 5.03. The molecule has 2 nitrogen and oxygen atoms in total. The van der Waals surface area contributed by atoms with E-state index in [4.69, 9.17) is 5.73 Å². The minimum atomic E-state index is 0.646. The molecular weight excluding hydrogens is 172 g/mol. The van der Waals surface area contributed by atoms with Gasteiger partial charge in [0, 0.05) is 19.1 Å². The Bertz CT molecular complexity index is 158. The molecule has 3 atom stereocenters. The maximum atomic E-state index is 5.83. The van der Waals surface area contributed by atoms with Crippen molar-refractivity contribution in [3.63, 3.8) is 0 Å². The fourth-order valence-corrected chi connectivity index (χ4v) is 2.32. The Hall–Kier alpha value is -0.0800. The van der Waals surface area contributed by atoms with Crippen LogP contribution in [0.2, 0.25) is 0 Å². The first kappa shape index (κ1) is 12.0. The molecule has 1 rings (SSSR count). The highest BCUT2D eigenvalue weighted by molar-refractivity contribution is 4.81. The normalized spacial score (nSPS) is 31.7. The number of likely N-dealkylation sites (tertiary alicyclic amines) is 1. The summed E-state index contributed by atoms with van der Waals surface area (Å²) in [4.78, 5) is 2.61. The fourth-order valence-electron chi connectivity index (χ4n) is 2.32. The van der Waals surface area contributed by atoms with Gasteiger partial charge in [-0.05, 0) is 31.2 Å². The van der Waals surface area contributed by atoms with Gasteiger partial charge in [-0.15, -0.1) is 0 Å². The molecule has 0 saturated carbocycles. The van der Waals surface area contributed by atoms with E-state index in [2.05, 4.69) is 25.7 Å². The van der Waals surface area contributed by atoms with Crippen molar-refractivity contribution in [3.8, 4) is 0 Å². The van der Waals surface area contributed by atoms with Gasteiger partial charge < -0.3 is 5.73 Å². The summed E-state index contributed by atoms with van der Waals surface area (Å²) in [6, 6.07) is 0.646. The van der Waals surface area contributed by atoms with Crippen LogP contribution in [0.25, 0.3) is 0 Å². The molecular formula is C12H26N2. The minimum absolute atomic E-state index is 0.646. The summed E-state index contributed by atoms with van der Waals surface area (Å²) in [5, 5.41) is 0. The minimum Gasteiger partial charge on any atom is -0.329 e. The highest BCUT2D eigenvalue weighted by Crippen LogP contribution is 2.23. The van der Waals surface area contributed by atoms with Crippen LogP contribution < -0.4 is 5.73 Å². The van der Waals surface area contributed by atoms with Crippen LogP contribution in [0.4, 0.5) is 0 Å². The third-order valence-electron chi connectivity index (χ3n) is 3.62. The first-order valence-electron chi connectivity index (χ1n) is 6.11. The predicted molar refractivity (Wildman–Crippen MR) is 62.3 cm³/mol. The molecule has 1 aliphatic rings. The van der Waals surface area contributed by atoms with Gasteiger partial charge in [-0.3, -0.25) is 4.90 Å². The smallest absolute Gasteiger partial charge is 0.0221 e. The molecule has 2 heteroatoms. The number of rotatable bonds is 4. The van der Waals surface area contributed by atoms with Crippen LogP contribution >= 0.6 is 0 Å². The lowest BCUT2D eigenvalue weighted by Crippen LogP contribution is -2.47. The van der Waals surface area contributed by atoms with Crippen molar-refractivity contribution in [3.05, 3.63) is 0 Å². The van der Waals surface area contributed by atoms with Gasteiger partial charge in [-0.1, -0.05) is 27.2 Å². The van der Waals surface area contributed by atoms with Gasteiger partial charge in [0.05, 0.1) is 0 Å². The number of hydrogen-bond donors (Lipinski definition) is 1. The molecule has 3 unspecified atom stereocenters. The van der Waals surface area contributed by atoms with E-state index in [-0.39, 0.29) is 0 Å². The highest BCUT2D eigenvalue weighted by Gasteiger charge is 2.25. The van der Waals surface area contributed by atoms with Crippen molar-refractivity contribution < 1.29 is 0 Å². The Morgan fingerprint density at radius 1 is 1.50 bits per heavy atom. The molecule has 0 radical (unpaired) electrons. The van der Waals surface area contributed by atoms with Crippen LogP contribution in [-0.2, 0) is 0 Å². The summed E-state index contributed by atoms with van der Waals surface area (Å²) in [6.45, 7) is 10.3. The monoisotopic (exact) mass is 198 g/mol. The van der Waals surface area contributed by atoms with Crippen molar-refractivity contribution in [2.45, 2.75) is 46.1 Å². The van der Waals surface area contributed by atoms with Crippen LogP contribution in [0.1, 0.15) is 40.0 Å². The number of nitrogens with zero attached hydrogens (tertiary/aromatic N) is 1. The van der Waals surface area contributed by atoms with Crippen LogP contribution in [0.15, 0.2) is 0 Å². The SMILES string of the molecule is CCC(C)CN1CCC(C)CC1CN. The van der Waals surface area contributed by atoms with Crippen molar-refractivity contribution >= 4 is 0 Å². The second kappa shape index (κ2) is 5.72. The van der Waals surface area contributed by atoms with Crippen molar-refractivity contribution in [1.29, 1.82) is 0 Å². The molecule has 0 aromatic carbocycles. The molecule has 0 bridgehead atoms. The van der Waals surface area contributed by atoms with E-state index in [0.29, 0.717) is 6.04 Å². The third-order valence-corrected chi connectivity index (χ3v) is 3.62. The number of hydrogen-bond acceptors (Lipinski definition) is 2. The summed E-state index contributed by atoms with van der Waals surface area (Å²) in [5.74, 6) is 1.69. The Morgan fingerprint density at radius 2 is 2.21 bits per heavy atom. The van der Waals surface area contributed by atoms with Crippen molar-refractivity contribution in [2.24, 2.45) is 17.6 Å². The number of piperidine rings is 1. The van der Waals surface area contributed by atoms with Crippen LogP contribution in [0, 0.1) is 11.8 Å². The maximum absolute atomic E-state index is 5.83. The zero-order chi connectivity index (χ0) is 10.6.